The van der Waals surface area contributed by atoms with E-state index in [4.69, 9.17) is 10.2 Å². The summed E-state index contributed by atoms with van der Waals surface area (Å²) in [7, 11) is 0. The second-order valence-corrected chi connectivity index (χ2v) is 5.15. The molecular weight excluding hydrogens is 216 g/mol. The van der Waals surface area contributed by atoms with Gasteiger partial charge in [-0.3, -0.25) is 0 Å². The maximum Gasteiger partial charge on any atom is 0.128 e. The van der Waals surface area contributed by atoms with Gasteiger partial charge in [0.05, 0.1) is 6.61 Å². The first-order valence-corrected chi connectivity index (χ1v) is 6.17. The van der Waals surface area contributed by atoms with Gasteiger partial charge in [-0.05, 0) is 36.3 Å². The molecule has 2 fully saturated rings. The van der Waals surface area contributed by atoms with E-state index in [1.807, 2.05) is 19.1 Å². The molecule has 0 amide bonds. The van der Waals surface area contributed by atoms with Crippen molar-refractivity contribution >= 4 is 5.82 Å². The van der Waals surface area contributed by atoms with Crippen molar-refractivity contribution in [2.75, 3.05) is 24.6 Å². The molecule has 0 spiro atoms. The summed E-state index contributed by atoms with van der Waals surface area (Å²) < 4.78 is 0. The van der Waals surface area contributed by atoms with Crippen LogP contribution in [0.1, 0.15) is 11.3 Å². The van der Waals surface area contributed by atoms with Crippen LogP contribution in [0.25, 0.3) is 0 Å². The quantitative estimate of drug-likeness (QED) is 0.802. The summed E-state index contributed by atoms with van der Waals surface area (Å²) in [6.07, 6.45) is 0. The highest BCUT2D eigenvalue weighted by molar-refractivity contribution is 5.44. The van der Waals surface area contributed by atoms with E-state index in [-0.39, 0.29) is 6.61 Å². The van der Waals surface area contributed by atoms with Gasteiger partial charge in [-0.1, -0.05) is 6.07 Å². The predicted molar refractivity (Wildman–Crippen MR) is 64.7 cm³/mol. The van der Waals surface area contributed by atoms with Crippen molar-refractivity contribution in [1.29, 1.82) is 0 Å². The van der Waals surface area contributed by atoms with E-state index in [0.717, 1.165) is 30.2 Å². The number of pyridine rings is 1. The van der Waals surface area contributed by atoms with Crippen molar-refractivity contribution < 1.29 is 10.2 Å². The van der Waals surface area contributed by atoms with Gasteiger partial charge in [0.2, 0.25) is 0 Å². The van der Waals surface area contributed by atoms with E-state index in [2.05, 4.69) is 9.88 Å². The van der Waals surface area contributed by atoms with Crippen LogP contribution >= 0.6 is 0 Å². The zero-order valence-electron chi connectivity index (χ0n) is 10.0. The molecule has 3 atom stereocenters. The Morgan fingerprint density at radius 3 is 2.53 bits per heavy atom. The molecule has 92 valence electrons. The van der Waals surface area contributed by atoms with Gasteiger partial charge in [0.15, 0.2) is 0 Å². The van der Waals surface area contributed by atoms with Gasteiger partial charge in [-0.15, -0.1) is 0 Å². The molecule has 2 aliphatic rings. The predicted octanol–water partition coefficient (Wildman–Crippen LogP) is 0.557. The number of aliphatic hydroxyl groups is 2. The second-order valence-electron chi connectivity index (χ2n) is 5.15. The molecule has 4 nitrogen and oxygen atoms in total. The van der Waals surface area contributed by atoms with E-state index in [1.54, 1.807) is 0 Å². The molecule has 1 aliphatic carbocycles. The highest BCUT2D eigenvalue weighted by Crippen LogP contribution is 2.51. The third-order valence-electron chi connectivity index (χ3n) is 4.26. The largest absolute Gasteiger partial charge is 0.396 e. The number of anilines is 1. The third kappa shape index (κ3) is 1.72. The minimum atomic E-state index is 0.0525. The first-order chi connectivity index (χ1) is 8.24. The summed E-state index contributed by atoms with van der Waals surface area (Å²) in [5, 5.41) is 18.2. The van der Waals surface area contributed by atoms with Crippen LogP contribution < -0.4 is 4.90 Å². The third-order valence-corrected chi connectivity index (χ3v) is 4.26. The molecule has 0 radical (unpaired) electrons. The summed E-state index contributed by atoms with van der Waals surface area (Å²) >= 11 is 0. The van der Waals surface area contributed by atoms with Gasteiger partial charge >= 0.3 is 0 Å². The van der Waals surface area contributed by atoms with E-state index in [0.29, 0.717) is 24.4 Å². The summed E-state index contributed by atoms with van der Waals surface area (Å²) in [6.45, 7) is 4.35. The fourth-order valence-electron chi connectivity index (χ4n) is 3.03. The molecule has 17 heavy (non-hydrogen) atoms. The van der Waals surface area contributed by atoms with Crippen LogP contribution in [0.2, 0.25) is 0 Å². The number of piperidine rings is 1. The number of hydrogen-bond acceptors (Lipinski definition) is 4. The molecule has 0 bridgehead atoms. The highest BCUT2D eigenvalue weighted by Gasteiger charge is 2.55. The lowest BCUT2D eigenvalue weighted by molar-refractivity contribution is 0.260. The second kappa shape index (κ2) is 3.96. The molecule has 3 rings (SSSR count). The molecule has 1 saturated heterocycles. The normalized spacial score (nSPS) is 30.5. The van der Waals surface area contributed by atoms with Gasteiger partial charge in [-0.2, -0.15) is 0 Å². The van der Waals surface area contributed by atoms with Crippen molar-refractivity contribution in [1.82, 2.24) is 4.98 Å². The van der Waals surface area contributed by atoms with Crippen molar-refractivity contribution in [2.45, 2.75) is 13.5 Å². The number of fused-ring (bicyclic) bond motifs is 1. The fourth-order valence-corrected chi connectivity index (χ4v) is 3.03. The summed E-state index contributed by atoms with van der Waals surface area (Å²) in [5.74, 6) is 2.87. The number of aliphatic hydroxyl groups excluding tert-OH is 2. The van der Waals surface area contributed by atoms with Gasteiger partial charge in [0.1, 0.15) is 5.82 Å². The first-order valence-electron chi connectivity index (χ1n) is 6.17. The number of aryl methyl sites for hydroxylation is 1. The zero-order chi connectivity index (χ0) is 12.0. The van der Waals surface area contributed by atoms with E-state index in [1.165, 1.54) is 0 Å². The molecule has 1 saturated carbocycles. The highest BCUT2D eigenvalue weighted by atomic mass is 16.3. The average molecular weight is 234 g/mol. The molecule has 1 aromatic heterocycles. The minimum absolute atomic E-state index is 0.0525. The lowest BCUT2D eigenvalue weighted by Crippen LogP contribution is -2.25. The van der Waals surface area contributed by atoms with Crippen molar-refractivity contribution in [3.8, 4) is 0 Å². The van der Waals surface area contributed by atoms with Crippen LogP contribution in [-0.2, 0) is 6.61 Å². The molecule has 0 unspecified atom stereocenters. The van der Waals surface area contributed by atoms with Gasteiger partial charge in [-0.25, -0.2) is 4.98 Å². The maximum absolute atomic E-state index is 9.12. The Hall–Kier alpha value is -1.13. The van der Waals surface area contributed by atoms with Crippen molar-refractivity contribution in [3.05, 3.63) is 23.4 Å². The Kier molecular flexibility index (Phi) is 2.56. The van der Waals surface area contributed by atoms with Crippen LogP contribution in [0.3, 0.4) is 0 Å². The van der Waals surface area contributed by atoms with Gasteiger partial charge in [0, 0.05) is 25.4 Å². The van der Waals surface area contributed by atoms with E-state index in [9.17, 15) is 0 Å². The Bertz CT molecular complexity index is 423. The lowest BCUT2D eigenvalue weighted by Gasteiger charge is -2.21. The van der Waals surface area contributed by atoms with Crippen LogP contribution in [0.5, 0.6) is 0 Å². The standard InChI is InChI=1S/C13H18N2O2/c1-8-9(6-16)2-3-13(14-8)15-4-10-11(5-15)12(10)7-17/h2-3,10-12,16-17H,4-7H2,1H3/t10-,11+,12-. The molecule has 1 aliphatic heterocycles. The van der Waals surface area contributed by atoms with Crippen LogP contribution in [0, 0.1) is 24.7 Å². The van der Waals surface area contributed by atoms with Gasteiger partial charge in [0.25, 0.3) is 0 Å². The number of hydrogen-bond donors (Lipinski definition) is 2. The van der Waals surface area contributed by atoms with E-state index < -0.39 is 0 Å². The summed E-state index contributed by atoms with van der Waals surface area (Å²) in [4.78, 5) is 6.82. The molecular formula is C13H18N2O2. The number of rotatable bonds is 3. The van der Waals surface area contributed by atoms with Crippen LogP contribution in [0.15, 0.2) is 12.1 Å². The van der Waals surface area contributed by atoms with Crippen molar-refractivity contribution in [2.24, 2.45) is 17.8 Å². The molecule has 0 aromatic carbocycles. The SMILES string of the molecule is Cc1nc(N2C[C@@H]3[C@H](CO)[C@@H]3C2)ccc1CO. The fraction of sp³-hybridized carbons (Fsp3) is 0.615. The Morgan fingerprint density at radius 1 is 1.29 bits per heavy atom. The maximum atomic E-state index is 9.12. The number of nitrogens with zero attached hydrogens (tertiary/aromatic N) is 2. The zero-order valence-corrected chi connectivity index (χ0v) is 10.0. The van der Waals surface area contributed by atoms with Crippen molar-refractivity contribution in [3.63, 3.8) is 0 Å². The van der Waals surface area contributed by atoms with Gasteiger partial charge < -0.3 is 15.1 Å². The first kappa shape index (κ1) is 11.0. The topological polar surface area (TPSA) is 56.6 Å². The van der Waals surface area contributed by atoms with E-state index >= 15 is 0 Å². The Balaban J connectivity index is 1.73. The van der Waals surface area contributed by atoms with Crippen LogP contribution in [-0.4, -0.2) is 34.9 Å². The molecule has 2 heterocycles. The Labute approximate surface area is 101 Å². The molecule has 2 N–H and O–H groups in total. The smallest absolute Gasteiger partial charge is 0.128 e. The molecule has 4 heteroatoms. The number of aromatic nitrogens is 1. The van der Waals surface area contributed by atoms with Crippen LogP contribution in [0.4, 0.5) is 5.82 Å². The average Bonchev–Trinajstić information content (AvgIpc) is 2.81. The molecule has 1 aromatic rings. The monoisotopic (exact) mass is 234 g/mol. The Morgan fingerprint density at radius 2 is 2.00 bits per heavy atom. The lowest BCUT2D eigenvalue weighted by atomic mass is 10.2. The summed E-state index contributed by atoms with van der Waals surface area (Å²) in [5.41, 5.74) is 1.80. The minimum Gasteiger partial charge on any atom is -0.396 e. The summed E-state index contributed by atoms with van der Waals surface area (Å²) in [6, 6.07) is 3.93.